The van der Waals surface area contributed by atoms with E-state index in [0.29, 0.717) is 22.9 Å². The summed E-state index contributed by atoms with van der Waals surface area (Å²) in [7, 11) is -4.19. The number of carbonyl (C=O) groups is 1. The Morgan fingerprint density at radius 2 is 1.91 bits per heavy atom. The Balaban J connectivity index is 1.90. The van der Waals surface area contributed by atoms with Gasteiger partial charge in [-0.05, 0) is 66.8 Å². The quantitative estimate of drug-likeness (QED) is 0.281. The molecule has 1 aliphatic heterocycles. The van der Waals surface area contributed by atoms with Gasteiger partial charge in [-0.25, -0.2) is 8.42 Å². The number of thiophene rings is 1. The van der Waals surface area contributed by atoms with E-state index in [2.05, 4.69) is 0 Å². The predicted octanol–water partition coefficient (Wildman–Crippen LogP) is 4.86. The highest BCUT2D eigenvalue weighted by Gasteiger charge is 2.50. The van der Waals surface area contributed by atoms with Crippen molar-refractivity contribution in [2.75, 3.05) is 11.5 Å². The molecule has 0 bridgehead atoms. The molecule has 0 radical (unpaired) electrons. The van der Waals surface area contributed by atoms with Crippen LogP contribution in [0.1, 0.15) is 28.3 Å². The molecule has 170 valence electrons. The van der Waals surface area contributed by atoms with Gasteiger partial charge in [0.05, 0.1) is 11.5 Å². The van der Waals surface area contributed by atoms with Gasteiger partial charge in [0.1, 0.15) is 10.7 Å². The van der Waals surface area contributed by atoms with Crippen LogP contribution in [-0.4, -0.2) is 25.9 Å². The van der Waals surface area contributed by atoms with E-state index in [0.717, 1.165) is 5.56 Å². The monoisotopic (exact) mass is 484 g/mol. The number of anilines is 1. The first-order chi connectivity index (χ1) is 15.7. The van der Waals surface area contributed by atoms with Gasteiger partial charge in [-0.15, -0.1) is 11.3 Å². The van der Waals surface area contributed by atoms with Gasteiger partial charge in [0.15, 0.2) is 5.37 Å². The van der Waals surface area contributed by atoms with Gasteiger partial charge in [0.25, 0.3) is 11.6 Å². The summed E-state index contributed by atoms with van der Waals surface area (Å²) in [5.74, 6) is -0.115. The first kappa shape index (κ1) is 22.7. The van der Waals surface area contributed by atoms with Crippen LogP contribution in [0.5, 0.6) is 5.75 Å². The van der Waals surface area contributed by atoms with E-state index in [4.69, 9.17) is 4.74 Å². The maximum Gasteiger partial charge on any atom is 0.271 e. The standard InChI is InChI=1S/C23H20N2O6S2/c1-3-31-19-9-7-17(8-10-19)24-22(26)21(14-20-15(2)11-12-32-20)33(29,30)23(24)16-5-4-6-18(13-16)25(27)28/h4-14,23H,3H2,1-2H3/b21-14+/t23-/m0/s1. The molecule has 8 nitrogen and oxygen atoms in total. The molecule has 0 N–H and O–H groups in total. The number of carbonyl (C=O) groups excluding carboxylic acids is 1. The largest absolute Gasteiger partial charge is 0.494 e. The smallest absolute Gasteiger partial charge is 0.271 e. The minimum Gasteiger partial charge on any atom is -0.494 e. The Morgan fingerprint density at radius 1 is 1.18 bits per heavy atom. The number of non-ortho nitro benzene ring substituents is 1. The van der Waals surface area contributed by atoms with Crippen LogP contribution in [-0.2, 0) is 14.6 Å². The second-order valence-electron chi connectivity index (χ2n) is 7.33. The molecular formula is C23H20N2O6S2. The Kier molecular flexibility index (Phi) is 6.05. The van der Waals surface area contributed by atoms with E-state index in [-0.39, 0.29) is 16.2 Å². The number of hydrogen-bond donors (Lipinski definition) is 0. The van der Waals surface area contributed by atoms with Crippen LogP contribution in [0.2, 0.25) is 0 Å². The van der Waals surface area contributed by atoms with E-state index >= 15 is 0 Å². The molecule has 33 heavy (non-hydrogen) atoms. The van der Waals surface area contributed by atoms with Gasteiger partial charge >= 0.3 is 0 Å². The van der Waals surface area contributed by atoms with Gasteiger partial charge < -0.3 is 4.74 Å². The van der Waals surface area contributed by atoms with Crippen LogP contribution in [0.4, 0.5) is 11.4 Å². The zero-order valence-corrected chi connectivity index (χ0v) is 19.4. The molecule has 4 rings (SSSR count). The van der Waals surface area contributed by atoms with Gasteiger partial charge in [0.2, 0.25) is 9.84 Å². The summed E-state index contributed by atoms with van der Waals surface area (Å²) in [6, 6.07) is 13.7. The van der Waals surface area contributed by atoms with Crippen molar-refractivity contribution >= 4 is 44.5 Å². The van der Waals surface area contributed by atoms with Crippen molar-refractivity contribution in [3.05, 3.63) is 91.0 Å². The molecule has 10 heteroatoms. The fraction of sp³-hybridized carbons (Fsp3) is 0.174. The fourth-order valence-electron chi connectivity index (χ4n) is 3.64. The molecule has 1 fully saturated rings. The molecule has 0 unspecified atom stereocenters. The summed E-state index contributed by atoms with van der Waals surface area (Å²) < 4.78 is 32.8. The number of ether oxygens (including phenoxy) is 1. The van der Waals surface area contributed by atoms with Gasteiger partial charge in [-0.3, -0.25) is 19.8 Å². The lowest BCUT2D eigenvalue weighted by molar-refractivity contribution is -0.384. The molecule has 1 amide bonds. The first-order valence-electron chi connectivity index (χ1n) is 10.0. The summed E-state index contributed by atoms with van der Waals surface area (Å²) in [6.07, 6.45) is 1.39. The third-order valence-corrected chi connectivity index (χ3v) is 8.16. The molecule has 1 aromatic heterocycles. The zero-order valence-electron chi connectivity index (χ0n) is 17.8. The third-order valence-electron chi connectivity index (χ3n) is 5.22. The maximum absolute atomic E-state index is 13.7. The molecule has 0 aliphatic carbocycles. The molecule has 1 atom stereocenters. The number of amides is 1. The maximum atomic E-state index is 13.7. The van der Waals surface area contributed by atoms with Crippen LogP contribution in [0.15, 0.2) is 64.9 Å². The Labute approximate surface area is 194 Å². The Morgan fingerprint density at radius 3 is 2.52 bits per heavy atom. The number of hydrogen-bond acceptors (Lipinski definition) is 7. The van der Waals surface area contributed by atoms with E-state index in [1.165, 1.54) is 46.6 Å². The number of benzene rings is 2. The average molecular weight is 485 g/mol. The normalized spacial score (nSPS) is 18.6. The topological polar surface area (TPSA) is 107 Å². The Hall–Kier alpha value is -3.50. The zero-order chi connectivity index (χ0) is 23.8. The first-order valence-corrected chi connectivity index (χ1v) is 12.5. The molecule has 3 aromatic rings. The van der Waals surface area contributed by atoms with Crippen LogP contribution < -0.4 is 9.64 Å². The number of nitro groups is 1. The van der Waals surface area contributed by atoms with Crippen molar-refractivity contribution in [1.82, 2.24) is 0 Å². The molecule has 0 saturated carbocycles. The van der Waals surface area contributed by atoms with Crippen molar-refractivity contribution in [1.29, 1.82) is 0 Å². The molecular weight excluding hydrogens is 464 g/mol. The summed E-state index contributed by atoms with van der Waals surface area (Å²) >= 11 is 1.33. The number of sulfone groups is 1. The van der Waals surface area contributed by atoms with Gasteiger partial charge in [0, 0.05) is 22.7 Å². The molecule has 1 saturated heterocycles. The molecule has 2 aromatic carbocycles. The van der Waals surface area contributed by atoms with E-state index in [1.54, 1.807) is 24.3 Å². The number of nitro benzene ring substituents is 1. The van der Waals surface area contributed by atoms with Crippen LogP contribution in [0.3, 0.4) is 0 Å². The second kappa shape index (κ2) is 8.80. The summed E-state index contributed by atoms with van der Waals surface area (Å²) in [5, 5.41) is 11.7. The summed E-state index contributed by atoms with van der Waals surface area (Å²) in [6.45, 7) is 4.13. The van der Waals surface area contributed by atoms with E-state index < -0.39 is 26.0 Å². The third kappa shape index (κ3) is 4.14. The fourth-order valence-corrected chi connectivity index (χ4v) is 6.44. The summed E-state index contributed by atoms with van der Waals surface area (Å²) in [4.78, 5) is 25.7. The van der Waals surface area contributed by atoms with Crippen molar-refractivity contribution in [3.63, 3.8) is 0 Å². The highest BCUT2D eigenvalue weighted by Crippen LogP contribution is 2.44. The van der Waals surface area contributed by atoms with Crippen LogP contribution >= 0.6 is 11.3 Å². The van der Waals surface area contributed by atoms with E-state index in [9.17, 15) is 23.3 Å². The minimum atomic E-state index is -4.19. The van der Waals surface area contributed by atoms with Crippen LogP contribution in [0, 0.1) is 17.0 Å². The number of nitrogens with zero attached hydrogens (tertiary/aromatic N) is 2. The molecule has 1 aliphatic rings. The number of aryl methyl sites for hydroxylation is 1. The lowest BCUT2D eigenvalue weighted by Crippen LogP contribution is -2.29. The number of rotatable bonds is 6. The highest BCUT2D eigenvalue weighted by molar-refractivity contribution is 7.97. The Bertz CT molecular complexity index is 1360. The van der Waals surface area contributed by atoms with Gasteiger partial charge in [-0.2, -0.15) is 0 Å². The van der Waals surface area contributed by atoms with Crippen molar-refractivity contribution in [3.8, 4) is 5.75 Å². The second-order valence-corrected chi connectivity index (χ2v) is 10.3. The SMILES string of the molecule is CCOc1ccc(N2C(=O)/C(=C\c3sccc3C)S(=O)(=O)[C@H]2c2cccc([N+](=O)[O-])c2)cc1. The van der Waals surface area contributed by atoms with Crippen molar-refractivity contribution in [2.24, 2.45) is 0 Å². The average Bonchev–Trinajstić information content (AvgIpc) is 3.28. The summed E-state index contributed by atoms with van der Waals surface area (Å²) in [5.41, 5.74) is 1.07. The lowest BCUT2D eigenvalue weighted by atomic mass is 10.1. The van der Waals surface area contributed by atoms with Gasteiger partial charge in [-0.1, -0.05) is 12.1 Å². The lowest BCUT2D eigenvalue weighted by Gasteiger charge is -2.23. The predicted molar refractivity (Wildman–Crippen MR) is 127 cm³/mol. The minimum absolute atomic E-state index is 0.137. The van der Waals surface area contributed by atoms with Crippen LogP contribution in [0.25, 0.3) is 6.08 Å². The van der Waals surface area contributed by atoms with Crippen molar-refractivity contribution in [2.45, 2.75) is 19.2 Å². The van der Waals surface area contributed by atoms with E-state index in [1.807, 2.05) is 25.3 Å². The highest BCUT2D eigenvalue weighted by atomic mass is 32.2. The van der Waals surface area contributed by atoms with Crippen molar-refractivity contribution < 1.29 is 22.9 Å². The molecule has 0 spiro atoms. The molecule has 2 heterocycles.